The van der Waals surface area contributed by atoms with Gasteiger partial charge in [0.15, 0.2) is 0 Å². The van der Waals surface area contributed by atoms with Crippen LogP contribution in [0.2, 0.25) is 0 Å². The molecule has 0 aliphatic carbocycles. The van der Waals surface area contributed by atoms with Crippen LogP contribution < -0.4 is 16.4 Å². The predicted octanol–water partition coefficient (Wildman–Crippen LogP) is 0.648. The number of carbonyl (C=O) groups is 1. The van der Waals surface area contributed by atoms with Crippen LogP contribution in [0, 0.1) is 0 Å². The Kier molecular flexibility index (Phi) is 2.82. The summed E-state index contributed by atoms with van der Waals surface area (Å²) >= 11 is 1.49. The van der Waals surface area contributed by atoms with E-state index in [2.05, 4.69) is 22.2 Å². The van der Waals surface area contributed by atoms with Gasteiger partial charge in [-0.3, -0.25) is 4.79 Å². The van der Waals surface area contributed by atoms with Crippen molar-refractivity contribution in [3.63, 3.8) is 0 Å². The average Bonchev–Trinajstić information content (AvgIpc) is 2.60. The second-order valence-electron chi connectivity index (χ2n) is 4.67. The van der Waals surface area contributed by atoms with Crippen LogP contribution >= 0.6 is 11.3 Å². The minimum absolute atomic E-state index is 0.0283. The van der Waals surface area contributed by atoms with E-state index in [0.29, 0.717) is 12.2 Å². The Bertz CT molecular complexity index is 466. The Balaban J connectivity index is 2.08. The summed E-state index contributed by atoms with van der Waals surface area (Å²) < 4.78 is 0. The number of aromatic nitrogens is 1. The molecule has 17 heavy (non-hydrogen) atoms. The van der Waals surface area contributed by atoms with Crippen LogP contribution in [0.3, 0.4) is 0 Å². The van der Waals surface area contributed by atoms with Gasteiger partial charge in [-0.15, -0.1) is 11.3 Å². The van der Waals surface area contributed by atoms with Crippen molar-refractivity contribution in [1.82, 2.24) is 15.6 Å². The molecule has 2 heterocycles. The summed E-state index contributed by atoms with van der Waals surface area (Å²) in [4.78, 5) is 16.0. The molecule has 2 rings (SSSR count). The number of anilines is 1. The van der Waals surface area contributed by atoms with Crippen molar-refractivity contribution >= 4 is 23.1 Å². The van der Waals surface area contributed by atoms with E-state index in [-0.39, 0.29) is 11.9 Å². The van der Waals surface area contributed by atoms with Crippen molar-refractivity contribution in [2.45, 2.75) is 31.8 Å². The van der Waals surface area contributed by atoms with Crippen molar-refractivity contribution in [1.29, 1.82) is 0 Å². The zero-order valence-corrected chi connectivity index (χ0v) is 10.7. The molecule has 0 aromatic carbocycles. The molecule has 1 atom stereocenters. The fourth-order valence-corrected chi connectivity index (χ4v) is 2.47. The molecule has 1 amide bonds. The lowest BCUT2D eigenvalue weighted by molar-refractivity contribution is -0.128. The first-order valence-electron chi connectivity index (χ1n) is 5.36. The molecule has 1 aliphatic heterocycles. The van der Waals surface area contributed by atoms with E-state index in [1.165, 1.54) is 11.3 Å². The van der Waals surface area contributed by atoms with Crippen molar-refractivity contribution < 1.29 is 4.79 Å². The molecule has 92 valence electrons. The molecular weight excluding hydrogens is 236 g/mol. The van der Waals surface area contributed by atoms with Gasteiger partial charge in [-0.1, -0.05) is 6.58 Å². The first kappa shape index (κ1) is 11.9. The van der Waals surface area contributed by atoms with E-state index in [0.717, 1.165) is 10.7 Å². The Labute approximate surface area is 104 Å². The molecule has 1 aliphatic rings. The van der Waals surface area contributed by atoms with Crippen LogP contribution in [0.15, 0.2) is 17.7 Å². The Morgan fingerprint density at radius 2 is 2.35 bits per heavy atom. The van der Waals surface area contributed by atoms with Crippen molar-refractivity contribution in [3.05, 3.63) is 22.7 Å². The molecule has 1 saturated heterocycles. The van der Waals surface area contributed by atoms with Crippen molar-refractivity contribution in [3.8, 4) is 0 Å². The Morgan fingerprint density at radius 1 is 1.65 bits per heavy atom. The van der Waals surface area contributed by atoms with Gasteiger partial charge in [0.25, 0.3) is 0 Å². The van der Waals surface area contributed by atoms with Crippen LogP contribution in [0.1, 0.15) is 18.9 Å². The zero-order chi connectivity index (χ0) is 12.6. The van der Waals surface area contributed by atoms with E-state index in [1.807, 2.05) is 13.8 Å². The van der Waals surface area contributed by atoms with Gasteiger partial charge in [0, 0.05) is 17.5 Å². The molecule has 5 nitrogen and oxygen atoms in total. The van der Waals surface area contributed by atoms with Crippen molar-refractivity contribution in [2.24, 2.45) is 0 Å². The Morgan fingerprint density at radius 3 is 2.94 bits per heavy atom. The SMILES string of the molecule is C=C1NC(C)(C)C(=O)NC1Cc1nc(N)cs1. The number of piperazine rings is 1. The monoisotopic (exact) mass is 252 g/mol. The number of carbonyl (C=O) groups excluding carboxylic acids is 1. The minimum atomic E-state index is -0.602. The molecular formula is C11H16N4OS. The minimum Gasteiger partial charge on any atom is -0.383 e. The largest absolute Gasteiger partial charge is 0.383 e. The number of nitrogen functional groups attached to an aromatic ring is 1. The number of hydrogen-bond donors (Lipinski definition) is 3. The average molecular weight is 252 g/mol. The number of amides is 1. The first-order chi connectivity index (χ1) is 7.88. The summed E-state index contributed by atoms with van der Waals surface area (Å²) in [6.07, 6.45) is 0.621. The molecule has 0 bridgehead atoms. The maximum atomic E-state index is 11.8. The van der Waals surface area contributed by atoms with Gasteiger partial charge in [-0.25, -0.2) is 4.98 Å². The lowest BCUT2D eigenvalue weighted by atomic mass is 9.97. The Hall–Kier alpha value is -1.56. The summed E-state index contributed by atoms with van der Waals surface area (Å²) in [5, 5.41) is 8.75. The van der Waals surface area contributed by atoms with E-state index < -0.39 is 5.54 Å². The summed E-state index contributed by atoms with van der Waals surface area (Å²) in [6, 6.07) is -0.124. The van der Waals surface area contributed by atoms with Gasteiger partial charge in [0.05, 0.1) is 11.0 Å². The maximum absolute atomic E-state index is 11.8. The molecule has 4 N–H and O–H groups in total. The molecule has 6 heteroatoms. The normalized spacial score (nSPS) is 23.1. The van der Waals surface area contributed by atoms with Crippen molar-refractivity contribution in [2.75, 3.05) is 5.73 Å². The quantitative estimate of drug-likeness (QED) is 0.722. The maximum Gasteiger partial charge on any atom is 0.245 e. The van der Waals surface area contributed by atoms with Gasteiger partial charge >= 0.3 is 0 Å². The number of hydrogen-bond acceptors (Lipinski definition) is 5. The summed E-state index contributed by atoms with van der Waals surface area (Å²) in [5.41, 5.74) is 5.77. The lowest BCUT2D eigenvalue weighted by Gasteiger charge is -2.37. The number of nitrogens with two attached hydrogens (primary N) is 1. The fourth-order valence-electron chi connectivity index (χ4n) is 1.74. The molecule has 1 fully saturated rings. The molecule has 0 spiro atoms. The van der Waals surface area contributed by atoms with Crippen LogP contribution in [0.4, 0.5) is 5.82 Å². The third kappa shape index (κ3) is 2.41. The van der Waals surface area contributed by atoms with Gasteiger partial charge in [0.1, 0.15) is 11.4 Å². The predicted molar refractivity (Wildman–Crippen MR) is 68.5 cm³/mol. The van der Waals surface area contributed by atoms with Gasteiger partial charge in [-0.05, 0) is 13.8 Å². The highest BCUT2D eigenvalue weighted by molar-refractivity contribution is 7.10. The molecule has 1 unspecified atom stereocenters. The van der Waals surface area contributed by atoms with E-state index >= 15 is 0 Å². The number of nitrogens with zero attached hydrogens (tertiary/aromatic N) is 1. The standard InChI is InChI=1S/C11H16N4OS/c1-6-7(4-9-14-8(12)5-17-9)13-10(16)11(2,3)15-6/h5,7,15H,1,4,12H2,2-3H3,(H,13,16). The van der Waals surface area contributed by atoms with E-state index in [9.17, 15) is 4.79 Å². The second-order valence-corrected chi connectivity index (χ2v) is 5.61. The lowest BCUT2D eigenvalue weighted by Crippen LogP contribution is -2.62. The van der Waals surface area contributed by atoms with Crippen LogP contribution in [0.5, 0.6) is 0 Å². The molecule has 0 radical (unpaired) electrons. The summed E-state index contributed by atoms with van der Waals surface area (Å²) in [6.45, 7) is 7.60. The highest BCUT2D eigenvalue weighted by Gasteiger charge is 2.36. The van der Waals surface area contributed by atoms with Crippen LogP contribution in [-0.2, 0) is 11.2 Å². The smallest absolute Gasteiger partial charge is 0.245 e. The number of thiazole rings is 1. The summed E-state index contributed by atoms with van der Waals surface area (Å²) in [7, 11) is 0. The van der Waals surface area contributed by atoms with E-state index in [1.54, 1.807) is 5.38 Å². The molecule has 0 saturated carbocycles. The van der Waals surface area contributed by atoms with Gasteiger partial charge in [0.2, 0.25) is 5.91 Å². The highest BCUT2D eigenvalue weighted by atomic mass is 32.1. The third-order valence-corrected chi connectivity index (χ3v) is 3.60. The fraction of sp³-hybridized carbons (Fsp3) is 0.455. The topological polar surface area (TPSA) is 80.0 Å². The van der Waals surface area contributed by atoms with Crippen LogP contribution in [0.25, 0.3) is 0 Å². The van der Waals surface area contributed by atoms with E-state index in [4.69, 9.17) is 5.73 Å². The van der Waals surface area contributed by atoms with Gasteiger partial charge in [-0.2, -0.15) is 0 Å². The summed E-state index contributed by atoms with van der Waals surface area (Å²) in [5.74, 6) is 0.491. The first-order valence-corrected chi connectivity index (χ1v) is 6.24. The number of rotatable bonds is 2. The third-order valence-electron chi connectivity index (χ3n) is 2.71. The van der Waals surface area contributed by atoms with Crippen LogP contribution in [-0.4, -0.2) is 22.5 Å². The molecule has 1 aromatic rings. The molecule has 1 aromatic heterocycles. The second kappa shape index (κ2) is 4.03. The number of nitrogens with one attached hydrogen (secondary N) is 2. The van der Waals surface area contributed by atoms with Gasteiger partial charge < -0.3 is 16.4 Å². The zero-order valence-electron chi connectivity index (χ0n) is 9.91. The highest BCUT2D eigenvalue weighted by Crippen LogP contribution is 2.19.